The van der Waals surface area contributed by atoms with Crippen LogP contribution in [0.3, 0.4) is 0 Å². The highest BCUT2D eigenvalue weighted by Gasteiger charge is 2.27. The van der Waals surface area contributed by atoms with Gasteiger partial charge >= 0.3 is 5.69 Å². The molecule has 0 aromatic carbocycles. The van der Waals surface area contributed by atoms with Gasteiger partial charge in [0.1, 0.15) is 0 Å². The fourth-order valence-electron chi connectivity index (χ4n) is 0.852. The maximum Gasteiger partial charge on any atom is 0.367 e. The van der Waals surface area contributed by atoms with Crippen LogP contribution in [0.25, 0.3) is 0 Å². The number of halogens is 1. The van der Waals surface area contributed by atoms with Crippen molar-refractivity contribution in [2.75, 3.05) is 13.4 Å². The number of nitro groups is 1. The fourth-order valence-corrected chi connectivity index (χ4v) is 1.64. The van der Waals surface area contributed by atoms with E-state index in [9.17, 15) is 18.5 Å². The molecular formula is C6H6ClN3O5S. The Bertz CT molecular complexity index is 543. The molecule has 10 heteroatoms. The van der Waals surface area contributed by atoms with Crippen LogP contribution in [-0.4, -0.2) is 36.7 Å². The van der Waals surface area contributed by atoms with Crippen molar-refractivity contribution in [2.24, 2.45) is 0 Å². The third-order valence-corrected chi connectivity index (χ3v) is 2.61. The molecule has 1 aromatic heterocycles. The molecular weight excluding hydrogens is 262 g/mol. The number of hydrogen-bond donors (Lipinski definition) is 0. The zero-order chi connectivity index (χ0) is 12.5. The molecule has 0 aliphatic rings. The Morgan fingerprint density at radius 3 is 2.38 bits per heavy atom. The Labute approximate surface area is 95.3 Å². The fraction of sp³-hybridized carbons (Fsp3) is 0.333. The average Bonchev–Trinajstić information content (AvgIpc) is 2.14. The van der Waals surface area contributed by atoms with Gasteiger partial charge < -0.3 is 4.74 Å². The largest absolute Gasteiger partial charge is 0.476 e. The van der Waals surface area contributed by atoms with Gasteiger partial charge in [-0.2, -0.15) is 9.97 Å². The molecule has 0 amide bonds. The molecule has 0 aliphatic heterocycles. The molecule has 0 atom stereocenters. The van der Waals surface area contributed by atoms with Crippen LogP contribution in [0.15, 0.2) is 5.16 Å². The highest BCUT2D eigenvalue weighted by molar-refractivity contribution is 7.90. The topological polar surface area (TPSA) is 112 Å². The van der Waals surface area contributed by atoms with Gasteiger partial charge in [0.05, 0.1) is 12.0 Å². The van der Waals surface area contributed by atoms with Gasteiger partial charge in [0.25, 0.3) is 11.0 Å². The number of methoxy groups -OCH3 is 1. The zero-order valence-corrected chi connectivity index (χ0v) is 9.74. The van der Waals surface area contributed by atoms with Crippen molar-refractivity contribution in [1.82, 2.24) is 9.97 Å². The first-order valence-corrected chi connectivity index (χ1v) is 6.00. The first-order chi connectivity index (χ1) is 7.27. The summed E-state index contributed by atoms with van der Waals surface area (Å²) in [5.41, 5.74) is -0.670. The van der Waals surface area contributed by atoms with E-state index >= 15 is 0 Å². The maximum absolute atomic E-state index is 11.1. The van der Waals surface area contributed by atoms with Crippen LogP contribution in [0.2, 0.25) is 5.15 Å². The first kappa shape index (κ1) is 12.6. The molecule has 1 heterocycles. The highest BCUT2D eigenvalue weighted by atomic mass is 35.5. The van der Waals surface area contributed by atoms with Crippen LogP contribution in [0, 0.1) is 10.1 Å². The summed E-state index contributed by atoms with van der Waals surface area (Å²) in [6.45, 7) is 0. The molecule has 88 valence electrons. The molecule has 0 unspecified atom stereocenters. The van der Waals surface area contributed by atoms with Crippen molar-refractivity contribution in [3.05, 3.63) is 15.3 Å². The van der Waals surface area contributed by atoms with Gasteiger partial charge in [-0.1, -0.05) is 11.6 Å². The van der Waals surface area contributed by atoms with Gasteiger partial charge in [0, 0.05) is 6.26 Å². The Morgan fingerprint density at radius 2 is 2.00 bits per heavy atom. The van der Waals surface area contributed by atoms with Gasteiger partial charge in [0.15, 0.2) is 0 Å². The van der Waals surface area contributed by atoms with Crippen molar-refractivity contribution in [3.63, 3.8) is 0 Å². The Kier molecular flexibility index (Phi) is 3.29. The first-order valence-electron chi connectivity index (χ1n) is 3.73. The normalized spacial score (nSPS) is 11.2. The van der Waals surface area contributed by atoms with E-state index in [0.29, 0.717) is 0 Å². The van der Waals surface area contributed by atoms with Crippen LogP contribution in [0.4, 0.5) is 5.69 Å². The van der Waals surface area contributed by atoms with Gasteiger partial charge in [0.2, 0.25) is 15.0 Å². The molecule has 0 saturated heterocycles. The lowest BCUT2D eigenvalue weighted by atomic mass is 10.5. The Hall–Kier alpha value is -1.48. The molecule has 0 saturated carbocycles. The quantitative estimate of drug-likeness (QED) is 0.338. The third kappa shape index (κ3) is 2.36. The van der Waals surface area contributed by atoms with Crippen LogP contribution < -0.4 is 4.74 Å². The van der Waals surface area contributed by atoms with Gasteiger partial charge in [-0.15, -0.1) is 0 Å². The average molecular weight is 268 g/mol. The SMILES string of the molecule is COc1nc(S(C)(=O)=O)nc(Cl)c1[N+](=O)[O-]. The van der Waals surface area contributed by atoms with Gasteiger partial charge in [-0.25, -0.2) is 8.42 Å². The van der Waals surface area contributed by atoms with E-state index in [2.05, 4.69) is 14.7 Å². The molecule has 1 aromatic rings. The van der Waals surface area contributed by atoms with Crippen molar-refractivity contribution in [3.8, 4) is 5.88 Å². The number of hydrogen-bond acceptors (Lipinski definition) is 7. The van der Waals surface area contributed by atoms with E-state index in [1.807, 2.05) is 0 Å². The van der Waals surface area contributed by atoms with Crippen molar-refractivity contribution < 1.29 is 18.1 Å². The second-order valence-electron chi connectivity index (χ2n) is 2.68. The van der Waals surface area contributed by atoms with E-state index in [-0.39, 0.29) is 0 Å². The molecule has 0 aliphatic carbocycles. The zero-order valence-electron chi connectivity index (χ0n) is 8.17. The van der Waals surface area contributed by atoms with E-state index in [1.54, 1.807) is 0 Å². The summed E-state index contributed by atoms with van der Waals surface area (Å²) in [4.78, 5) is 16.4. The number of ether oxygens (including phenoxy) is 1. The molecule has 0 bridgehead atoms. The second kappa shape index (κ2) is 4.18. The minimum Gasteiger partial charge on any atom is -0.476 e. The minimum absolute atomic E-state index is 0.495. The highest BCUT2D eigenvalue weighted by Crippen LogP contribution is 2.31. The molecule has 0 radical (unpaired) electrons. The molecule has 16 heavy (non-hydrogen) atoms. The van der Waals surface area contributed by atoms with Crippen LogP contribution in [-0.2, 0) is 9.84 Å². The summed E-state index contributed by atoms with van der Waals surface area (Å²) >= 11 is 5.48. The third-order valence-electron chi connectivity index (χ3n) is 1.50. The second-order valence-corrected chi connectivity index (χ2v) is 4.95. The number of rotatable bonds is 3. The Balaban J connectivity index is 3.56. The Morgan fingerprint density at radius 1 is 1.44 bits per heavy atom. The van der Waals surface area contributed by atoms with Crippen LogP contribution in [0.1, 0.15) is 0 Å². The van der Waals surface area contributed by atoms with E-state index in [0.717, 1.165) is 13.4 Å². The van der Waals surface area contributed by atoms with Gasteiger partial charge in [-0.3, -0.25) is 10.1 Å². The summed E-state index contributed by atoms with van der Waals surface area (Å²) in [6, 6.07) is 0. The lowest BCUT2D eigenvalue weighted by Crippen LogP contribution is -2.08. The van der Waals surface area contributed by atoms with Crippen LogP contribution >= 0.6 is 11.6 Å². The minimum atomic E-state index is -3.71. The molecule has 0 N–H and O–H groups in total. The maximum atomic E-state index is 11.1. The summed E-state index contributed by atoms with van der Waals surface area (Å²) in [6.07, 6.45) is 0.851. The molecule has 8 nitrogen and oxygen atoms in total. The summed E-state index contributed by atoms with van der Waals surface area (Å²) in [7, 11) is -2.60. The van der Waals surface area contributed by atoms with Crippen LogP contribution in [0.5, 0.6) is 5.88 Å². The van der Waals surface area contributed by atoms with E-state index in [1.165, 1.54) is 0 Å². The predicted molar refractivity (Wildman–Crippen MR) is 53.4 cm³/mol. The van der Waals surface area contributed by atoms with E-state index in [4.69, 9.17) is 11.6 Å². The van der Waals surface area contributed by atoms with Crippen molar-refractivity contribution in [1.29, 1.82) is 0 Å². The standard InChI is InChI=1S/C6H6ClN3O5S/c1-15-5-3(10(11)12)4(7)8-6(9-5)16(2,13)14/h1-2H3. The summed E-state index contributed by atoms with van der Waals surface area (Å²) < 4.78 is 26.8. The number of nitrogens with zero attached hydrogens (tertiary/aromatic N) is 3. The monoisotopic (exact) mass is 267 g/mol. The van der Waals surface area contributed by atoms with E-state index < -0.39 is 36.6 Å². The lowest BCUT2D eigenvalue weighted by Gasteiger charge is -2.03. The predicted octanol–water partition coefficient (Wildman–Crippen LogP) is 0.450. The molecule has 0 spiro atoms. The smallest absolute Gasteiger partial charge is 0.367 e. The molecule has 1 rings (SSSR count). The number of aromatic nitrogens is 2. The summed E-state index contributed by atoms with van der Waals surface area (Å²) in [5, 5.41) is 9.36. The molecule has 0 fully saturated rings. The number of sulfone groups is 1. The van der Waals surface area contributed by atoms with Crippen molar-refractivity contribution in [2.45, 2.75) is 5.16 Å². The van der Waals surface area contributed by atoms with Gasteiger partial charge in [-0.05, 0) is 0 Å². The summed E-state index contributed by atoms with van der Waals surface area (Å²) in [5.74, 6) is -0.495. The van der Waals surface area contributed by atoms with Crippen molar-refractivity contribution >= 4 is 27.1 Å². The lowest BCUT2D eigenvalue weighted by molar-refractivity contribution is -0.386.